The molecule has 0 aromatic heterocycles. The van der Waals surface area contributed by atoms with Crippen LogP contribution in [0.2, 0.25) is 0 Å². The maximum atomic E-state index is 12.6. The second kappa shape index (κ2) is 3.54. The molecule has 60 valence electrons. The van der Waals surface area contributed by atoms with Gasteiger partial charge < -0.3 is 5.73 Å². The molecule has 0 aliphatic rings. The van der Waals surface area contributed by atoms with Crippen molar-refractivity contribution >= 4 is 5.70 Å². The van der Waals surface area contributed by atoms with Crippen LogP contribution in [0.25, 0.3) is 5.70 Å². The van der Waals surface area contributed by atoms with Gasteiger partial charge in [-0.3, -0.25) is 0 Å². The van der Waals surface area contributed by atoms with E-state index in [-0.39, 0.29) is 11.5 Å². The van der Waals surface area contributed by atoms with Crippen LogP contribution in [0.4, 0.5) is 4.39 Å². The Bertz CT molecular complexity index is 350. The van der Waals surface area contributed by atoms with E-state index in [1.807, 2.05) is 0 Å². The monoisotopic (exact) mass is 162 g/mol. The molecule has 0 heterocycles. The molecule has 0 radical (unpaired) electrons. The van der Waals surface area contributed by atoms with Gasteiger partial charge in [0.2, 0.25) is 0 Å². The SMILES string of the molecule is N#C/C=C(/N)c1cccc(F)c1. The van der Waals surface area contributed by atoms with Gasteiger partial charge >= 0.3 is 0 Å². The van der Waals surface area contributed by atoms with Crippen molar-refractivity contribution in [2.45, 2.75) is 0 Å². The summed E-state index contributed by atoms with van der Waals surface area (Å²) in [5.41, 5.74) is 6.25. The number of nitriles is 1. The van der Waals surface area contributed by atoms with Gasteiger partial charge in [0.1, 0.15) is 5.82 Å². The van der Waals surface area contributed by atoms with Gasteiger partial charge in [0.05, 0.1) is 6.07 Å². The van der Waals surface area contributed by atoms with Crippen molar-refractivity contribution in [3.8, 4) is 6.07 Å². The van der Waals surface area contributed by atoms with Gasteiger partial charge in [0, 0.05) is 17.3 Å². The highest BCUT2D eigenvalue weighted by molar-refractivity contribution is 5.64. The first kappa shape index (κ1) is 8.28. The van der Waals surface area contributed by atoms with Crippen LogP contribution in [0, 0.1) is 17.1 Å². The van der Waals surface area contributed by atoms with Gasteiger partial charge in [0.25, 0.3) is 0 Å². The highest BCUT2D eigenvalue weighted by atomic mass is 19.1. The second-order valence-electron chi connectivity index (χ2n) is 2.24. The van der Waals surface area contributed by atoms with Crippen molar-refractivity contribution in [1.29, 1.82) is 5.26 Å². The quantitative estimate of drug-likeness (QED) is 0.638. The molecule has 0 saturated heterocycles. The molecule has 0 unspecified atom stereocenters. The first-order valence-electron chi connectivity index (χ1n) is 3.35. The molecule has 0 spiro atoms. The van der Waals surface area contributed by atoms with Crippen molar-refractivity contribution in [1.82, 2.24) is 0 Å². The normalized spacial score (nSPS) is 10.8. The molecule has 0 aliphatic heterocycles. The molecule has 0 aliphatic carbocycles. The summed E-state index contributed by atoms with van der Waals surface area (Å²) in [7, 11) is 0. The molecule has 0 amide bonds. The molecular weight excluding hydrogens is 155 g/mol. The maximum Gasteiger partial charge on any atom is 0.123 e. The van der Waals surface area contributed by atoms with Gasteiger partial charge in [-0.05, 0) is 12.1 Å². The average molecular weight is 162 g/mol. The molecule has 0 atom stereocenters. The minimum absolute atomic E-state index is 0.275. The zero-order valence-electron chi connectivity index (χ0n) is 6.29. The van der Waals surface area contributed by atoms with E-state index in [0.717, 1.165) is 0 Å². The Hall–Kier alpha value is -1.82. The Morgan fingerprint density at radius 2 is 2.33 bits per heavy atom. The van der Waals surface area contributed by atoms with Crippen molar-refractivity contribution in [2.75, 3.05) is 0 Å². The van der Waals surface area contributed by atoms with Crippen LogP contribution in [0.5, 0.6) is 0 Å². The molecule has 1 aromatic carbocycles. The minimum Gasteiger partial charge on any atom is -0.398 e. The molecule has 2 nitrogen and oxygen atoms in total. The number of hydrogen-bond donors (Lipinski definition) is 1. The lowest BCUT2D eigenvalue weighted by Gasteiger charge is -1.98. The van der Waals surface area contributed by atoms with Gasteiger partial charge in [-0.25, -0.2) is 4.39 Å². The van der Waals surface area contributed by atoms with Crippen molar-refractivity contribution in [2.24, 2.45) is 5.73 Å². The van der Waals surface area contributed by atoms with E-state index in [9.17, 15) is 4.39 Å². The molecule has 2 N–H and O–H groups in total. The third kappa shape index (κ3) is 1.83. The standard InChI is InChI=1S/C9H7FN2/c10-8-3-1-2-7(6-8)9(12)4-5-11/h1-4,6H,12H2/b9-4+. The molecule has 0 saturated carbocycles. The molecule has 0 bridgehead atoms. The number of nitrogens with two attached hydrogens (primary N) is 1. The second-order valence-corrected chi connectivity index (χ2v) is 2.24. The fourth-order valence-electron chi connectivity index (χ4n) is 0.821. The van der Waals surface area contributed by atoms with Crippen LogP contribution >= 0.6 is 0 Å². The van der Waals surface area contributed by atoms with Gasteiger partial charge in [-0.2, -0.15) is 5.26 Å². The largest absolute Gasteiger partial charge is 0.398 e. The van der Waals surface area contributed by atoms with Crippen molar-refractivity contribution in [3.05, 3.63) is 41.7 Å². The number of benzene rings is 1. The van der Waals surface area contributed by atoms with E-state index in [2.05, 4.69) is 0 Å². The predicted octanol–water partition coefficient (Wildman–Crippen LogP) is 1.65. The lowest BCUT2D eigenvalue weighted by molar-refractivity contribution is 0.627. The first-order chi connectivity index (χ1) is 5.74. The summed E-state index contributed by atoms with van der Waals surface area (Å²) in [5.74, 6) is -0.359. The summed E-state index contributed by atoms with van der Waals surface area (Å²) in [4.78, 5) is 0. The van der Waals surface area contributed by atoms with Crippen LogP contribution in [0.3, 0.4) is 0 Å². The van der Waals surface area contributed by atoms with Crippen molar-refractivity contribution < 1.29 is 4.39 Å². The Morgan fingerprint density at radius 1 is 1.58 bits per heavy atom. The van der Waals surface area contributed by atoms with E-state index < -0.39 is 0 Å². The maximum absolute atomic E-state index is 12.6. The summed E-state index contributed by atoms with van der Waals surface area (Å²) in [6.45, 7) is 0. The molecule has 12 heavy (non-hydrogen) atoms. The van der Waals surface area contributed by atoms with Crippen LogP contribution in [0.15, 0.2) is 30.3 Å². The molecule has 1 aromatic rings. The highest BCUT2D eigenvalue weighted by Crippen LogP contribution is 2.09. The summed E-state index contributed by atoms with van der Waals surface area (Å²) >= 11 is 0. The Morgan fingerprint density at radius 3 is 2.92 bits per heavy atom. The van der Waals surface area contributed by atoms with Crippen LogP contribution in [0.1, 0.15) is 5.56 Å². The number of nitrogens with zero attached hydrogens (tertiary/aromatic N) is 1. The number of halogens is 1. The summed E-state index contributed by atoms with van der Waals surface area (Å²) in [5, 5.41) is 8.27. The van der Waals surface area contributed by atoms with E-state index in [1.165, 1.54) is 18.2 Å². The van der Waals surface area contributed by atoms with E-state index in [1.54, 1.807) is 18.2 Å². The fourth-order valence-corrected chi connectivity index (χ4v) is 0.821. The molecule has 1 rings (SSSR count). The summed E-state index contributed by atoms with van der Waals surface area (Å²) < 4.78 is 12.6. The van der Waals surface area contributed by atoms with Gasteiger partial charge in [0.15, 0.2) is 0 Å². The predicted molar refractivity (Wildman–Crippen MR) is 44.2 cm³/mol. The number of rotatable bonds is 1. The first-order valence-corrected chi connectivity index (χ1v) is 3.35. The lowest BCUT2D eigenvalue weighted by atomic mass is 10.1. The zero-order valence-corrected chi connectivity index (χ0v) is 6.29. The fraction of sp³-hybridized carbons (Fsp3) is 0. The summed E-state index contributed by atoms with van der Waals surface area (Å²) in [6, 6.07) is 7.57. The van der Waals surface area contributed by atoms with Crippen LogP contribution in [-0.2, 0) is 0 Å². The van der Waals surface area contributed by atoms with Crippen LogP contribution in [-0.4, -0.2) is 0 Å². The van der Waals surface area contributed by atoms with E-state index in [0.29, 0.717) is 5.56 Å². The topological polar surface area (TPSA) is 49.8 Å². The smallest absolute Gasteiger partial charge is 0.123 e. The van der Waals surface area contributed by atoms with Gasteiger partial charge in [-0.1, -0.05) is 12.1 Å². The third-order valence-electron chi connectivity index (χ3n) is 1.38. The average Bonchev–Trinajstić information content (AvgIpc) is 2.05. The molecule has 3 heteroatoms. The summed E-state index contributed by atoms with van der Waals surface area (Å²) in [6.07, 6.45) is 1.18. The van der Waals surface area contributed by atoms with E-state index in [4.69, 9.17) is 11.0 Å². The zero-order chi connectivity index (χ0) is 8.97. The van der Waals surface area contributed by atoms with E-state index >= 15 is 0 Å². The van der Waals surface area contributed by atoms with Crippen molar-refractivity contribution in [3.63, 3.8) is 0 Å². The Labute approximate surface area is 69.7 Å². The highest BCUT2D eigenvalue weighted by Gasteiger charge is 1.96. The molecule has 0 fully saturated rings. The minimum atomic E-state index is -0.359. The number of allylic oxidation sites excluding steroid dienone is 1. The molecular formula is C9H7FN2. The lowest BCUT2D eigenvalue weighted by Crippen LogP contribution is -1.95. The Kier molecular flexibility index (Phi) is 2.44. The van der Waals surface area contributed by atoms with Gasteiger partial charge in [-0.15, -0.1) is 0 Å². The number of hydrogen-bond acceptors (Lipinski definition) is 2. The van der Waals surface area contributed by atoms with Crippen LogP contribution < -0.4 is 5.73 Å². The Balaban J connectivity index is 3.05. The third-order valence-corrected chi connectivity index (χ3v) is 1.38.